The van der Waals surface area contributed by atoms with Crippen LogP contribution in [-0.2, 0) is 9.59 Å². The van der Waals surface area contributed by atoms with Crippen LogP contribution in [0.2, 0.25) is 0 Å². The predicted octanol–water partition coefficient (Wildman–Crippen LogP) is 3.92. The third-order valence-electron chi connectivity index (χ3n) is 3.89. The summed E-state index contributed by atoms with van der Waals surface area (Å²) < 4.78 is 6.06. The van der Waals surface area contributed by atoms with Gasteiger partial charge in [-0.3, -0.25) is 24.6 Å². The fraction of sp³-hybridized carbons (Fsp3) is 0.167. The molecule has 1 saturated heterocycles. The van der Waals surface area contributed by atoms with Crippen LogP contribution in [0.25, 0.3) is 17.4 Å². The van der Waals surface area contributed by atoms with Crippen LogP contribution in [-0.4, -0.2) is 37.7 Å². The molecule has 8 nitrogen and oxygen atoms in total. The Kier molecular flexibility index (Phi) is 5.90. The van der Waals surface area contributed by atoms with Gasteiger partial charge in [-0.15, -0.1) is 0 Å². The van der Waals surface area contributed by atoms with E-state index in [9.17, 15) is 19.7 Å². The number of hydrogen-bond acceptors (Lipinski definition) is 7. The molecule has 2 aromatic rings. The maximum Gasteiger partial charge on any atom is 0.303 e. The first-order chi connectivity index (χ1) is 13.3. The minimum atomic E-state index is -0.926. The topological polar surface area (TPSA) is 114 Å². The molecule has 1 aromatic heterocycles. The highest BCUT2D eigenvalue weighted by molar-refractivity contribution is 8.26. The Morgan fingerprint density at radius 2 is 2.14 bits per heavy atom. The number of nitro benzene ring substituents is 1. The highest BCUT2D eigenvalue weighted by Gasteiger charge is 2.32. The van der Waals surface area contributed by atoms with E-state index < -0.39 is 10.9 Å². The van der Waals surface area contributed by atoms with Gasteiger partial charge in [0.25, 0.3) is 11.6 Å². The number of nitrogens with zero attached hydrogens (tertiary/aromatic N) is 2. The first kappa shape index (κ1) is 19.8. The third-order valence-corrected chi connectivity index (χ3v) is 5.27. The van der Waals surface area contributed by atoms with E-state index in [4.69, 9.17) is 21.7 Å². The molecule has 1 aliphatic heterocycles. The molecule has 0 spiro atoms. The Morgan fingerprint density at radius 1 is 1.36 bits per heavy atom. The average molecular weight is 418 g/mol. The molecule has 2 heterocycles. The minimum absolute atomic E-state index is 0.0408. The van der Waals surface area contributed by atoms with Crippen molar-refractivity contribution in [3.8, 4) is 11.3 Å². The number of benzene rings is 1. The van der Waals surface area contributed by atoms with Crippen LogP contribution in [0.1, 0.15) is 18.6 Å². The standard InChI is InChI=1S/C18H14N2O6S2/c21-16(22)5-2-8-19-17(23)15(28-18(19)27)10-13-6-7-14(26-13)11-3-1-4-12(9-11)20(24)25/h1,3-4,6-7,9-10H,2,5,8H2,(H,21,22)/b15-10+. The second-order valence-corrected chi connectivity index (χ2v) is 7.52. The number of thiocarbonyl (C=S) groups is 1. The molecule has 0 unspecified atom stereocenters. The number of carboxylic acid groups (broad SMARTS) is 1. The lowest BCUT2D eigenvalue weighted by molar-refractivity contribution is -0.384. The maximum atomic E-state index is 12.5. The number of aliphatic carboxylic acids is 1. The molecule has 1 aliphatic rings. The predicted molar refractivity (Wildman–Crippen MR) is 108 cm³/mol. The molecule has 1 amide bonds. The van der Waals surface area contributed by atoms with Gasteiger partial charge in [-0.25, -0.2) is 0 Å². The molecule has 1 N–H and O–H groups in total. The third kappa shape index (κ3) is 4.46. The van der Waals surface area contributed by atoms with Crippen molar-refractivity contribution in [1.82, 2.24) is 4.90 Å². The van der Waals surface area contributed by atoms with Crippen molar-refractivity contribution in [2.45, 2.75) is 12.8 Å². The molecule has 3 rings (SSSR count). The fourth-order valence-corrected chi connectivity index (χ4v) is 3.86. The molecule has 1 aromatic carbocycles. The lowest BCUT2D eigenvalue weighted by Crippen LogP contribution is -2.29. The van der Waals surface area contributed by atoms with Crippen molar-refractivity contribution < 1.29 is 24.0 Å². The number of furan rings is 1. The molecule has 0 radical (unpaired) electrons. The number of hydrogen-bond donors (Lipinski definition) is 1. The number of carbonyl (C=O) groups excluding carboxylic acids is 1. The maximum absolute atomic E-state index is 12.5. The molecule has 10 heteroatoms. The number of rotatable bonds is 7. The van der Waals surface area contributed by atoms with Crippen molar-refractivity contribution >= 4 is 51.9 Å². The van der Waals surface area contributed by atoms with E-state index in [-0.39, 0.29) is 24.6 Å². The van der Waals surface area contributed by atoms with Crippen molar-refractivity contribution in [3.63, 3.8) is 0 Å². The van der Waals surface area contributed by atoms with Crippen molar-refractivity contribution in [1.29, 1.82) is 0 Å². The van der Waals surface area contributed by atoms with Crippen LogP contribution < -0.4 is 0 Å². The summed E-state index contributed by atoms with van der Waals surface area (Å²) in [6.45, 7) is 0.241. The molecule has 0 atom stereocenters. The average Bonchev–Trinajstić information content (AvgIpc) is 3.22. The quantitative estimate of drug-likeness (QED) is 0.311. The van der Waals surface area contributed by atoms with E-state index in [1.807, 2.05) is 0 Å². The van der Waals surface area contributed by atoms with Crippen molar-refractivity contribution in [2.24, 2.45) is 0 Å². The number of nitro groups is 1. The molecule has 0 saturated carbocycles. The Labute approximate surface area is 169 Å². The Balaban J connectivity index is 1.75. The van der Waals surface area contributed by atoms with Crippen LogP contribution >= 0.6 is 24.0 Å². The summed E-state index contributed by atoms with van der Waals surface area (Å²) in [5, 5.41) is 19.6. The second-order valence-electron chi connectivity index (χ2n) is 5.84. The lowest BCUT2D eigenvalue weighted by Gasteiger charge is -2.13. The first-order valence-corrected chi connectivity index (χ1v) is 9.39. The van der Waals surface area contributed by atoms with Gasteiger partial charge in [0.15, 0.2) is 0 Å². The van der Waals surface area contributed by atoms with Crippen LogP contribution in [0, 0.1) is 10.1 Å². The summed E-state index contributed by atoms with van der Waals surface area (Å²) >= 11 is 6.31. The summed E-state index contributed by atoms with van der Waals surface area (Å²) in [5.41, 5.74) is 0.507. The Bertz CT molecular complexity index is 997. The summed E-state index contributed by atoms with van der Waals surface area (Å²) in [6, 6.07) is 9.38. The molecule has 0 bridgehead atoms. The Morgan fingerprint density at radius 3 is 2.86 bits per heavy atom. The van der Waals surface area contributed by atoms with Crippen molar-refractivity contribution in [3.05, 3.63) is 57.2 Å². The normalized spacial score (nSPS) is 15.4. The number of carbonyl (C=O) groups is 2. The summed E-state index contributed by atoms with van der Waals surface area (Å²) in [5.74, 6) is -0.377. The SMILES string of the molecule is O=C(O)CCCN1C(=O)/C(=C\c2ccc(-c3cccc([N+](=O)[O-])c3)o2)SC1=S. The van der Waals surface area contributed by atoms with E-state index in [1.165, 1.54) is 17.0 Å². The highest BCUT2D eigenvalue weighted by Crippen LogP contribution is 2.34. The molecule has 0 aliphatic carbocycles. The van der Waals surface area contributed by atoms with Gasteiger partial charge < -0.3 is 9.52 Å². The van der Waals surface area contributed by atoms with Gasteiger partial charge in [0, 0.05) is 36.7 Å². The minimum Gasteiger partial charge on any atom is -0.481 e. The van der Waals surface area contributed by atoms with Gasteiger partial charge in [0.1, 0.15) is 15.8 Å². The summed E-state index contributed by atoms with van der Waals surface area (Å²) in [4.78, 5) is 35.3. The zero-order chi connectivity index (χ0) is 20.3. The summed E-state index contributed by atoms with van der Waals surface area (Å²) in [6.07, 6.45) is 1.82. The van der Waals surface area contributed by atoms with Crippen LogP contribution in [0.5, 0.6) is 0 Å². The van der Waals surface area contributed by atoms with Gasteiger partial charge in [-0.1, -0.05) is 36.1 Å². The number of non-ortho nitro benzene ring substituents is 1. The van der Waals surface area contributed by atoms with E-state index >= 15 is 0 Å². The molecular weight excluding hydrogens is 404 g/mol. The number of carboxylic acids is 1. The van der Waals surface area contributed by atoms with Gasteiger partial charge in [0.05, 0.1) is 9.83 Å². The lowest BCUT2D eigenvalue weighted by atomic mass is 10.1. The largest absolute Gasteiger partial charge is 0.481 e. The Hall–Kier alpha value is -2.98. The van der Waals surface area contributed by atoms with Gasteiger partial charge >= 0.3 is 5.97 Å². The second kappa shape index (κ2) is 8.36. The molecule has 144 valence electrons. The molecule has 1 fully saturated rings. The number of thioether (sulfide) groups is 1. The van der Waals surface area contributed by atoms with Crippen LogP contribution in [0.4, 0.5) is 5.69 Å². The van der Waals surface area contributed by atoms with Crippen LogP contribution in [0.3, 0.4) is 0 Å². The monoisotopic (exact) mass is 418 g/mol. The van der Waals surface area contributed by atoms with Crippen molar-refractivity contribution in [2.75, 3.05) is 6.54 Å². The molecule has 28 heavy (non-hydrogen) atoms. The first-order valence-electron chi connectivity index (χ1n) is 8.17. The van der Waals surface area contributed by atoms with Gasteiger partial charge in [-0.05, 0) is 18.6 Å². The van der Waals surface area contributed by atoms with E-state index in [0.717, 1.165) is 11.8 Å². The van der Waals surface area contributed by atoms with E-state index in [0.29, 0.717) is 32.7 Å². The van der Waals surface area contributed by atoms with Gasteiger partial charge in [0.2, 0.25) is 0 Å². The smallest absolute Gasteiger partial charge is 0.303 e. The van der Waals surface area contributed by atoms with E-state index in [2.05, 4.69) is 0 Å². The fourth-order valence-electron chi connectivity index (χ4n) is 2.57. The zero-order valence-corrected chi connectivity index (χ0v) is 16.0. The van der Waals surface area contributed by atoms with Crippen LogP contribution in [0.15, 0.2) is 45.7 Å². The zero-order valence-electron chi connectivity index (χ0n) is 14.4. The van der Waals surface area contributed by atoms with E-state index in [1.54, 1.807) is 30.3 Å². The highest BCUT2D eigenvalue weighted by atomic mass is 32.2. The molecular formula is C18H14N2O6S2. The number of amides is 1. The van der Waals surface area contributed by atoms with Gasteiger partial charge in [-0.2, -0.15) is 0 Å². The summed E-state index contributed by atoms with van der Waals surface area (Å²) in [7, 11) is 0.